The number of para-hydroxylation sites is 1. The van der Waals surface area contributed by atoms with Crippen molar-refractivity contribution in [3.05, 3.63) is 53.6 Å². The van der Waals surface area contributed by atoms with Gasteiger partial charge in [0.15, 0.2) is 18.1 Å². The first kappa shape index (κ1) is 23.1. The zero-order chi connectivity index (χ0) is 21.9. The highest BCUT2D eigenvalue weighted by atomic mass is 16.5. The summed E-state index contributed by atoms with van der Waals surface area (Å²) >= 11 is 0. The monoisotopic (exact) mass is 415 g/mol. The molecule has 0 saturated heterocycles. The molecule has 1 amide bonds. The van der Waals surface area contributed by atoms with Crippen LogP contribution in [0.25, 0.3) is 0 Å². The second-order valence-electron chi connectivity index (χ2n) is 6.64. The lowest BCUT2D eigenvalue weighted by Crippen LogP contribution is -2.30. The Morgan fingerprint density at radius 1 is 1.00 bits per heavy atom. The second-order valence-corrected chi connectivity index (χ2v) is 6.64. The Balaban J connectivity index is 1.79. The quantitative estimate of drug-likeness (QED) is 0.525. The Kier molecular flexibility index (Phi) is 9.00. The summed E-state index contributed by atoms with van der Waals surface area (Å²) in [6.45, 7) is 2.66. The number of hydrogen-bond acceptors (Lipinski definition) is 6. The molecular weight excluding hydrogens is 386 g/mol. The molecule has 0 fully saturated rings. The molecule has 0 saturated carbocycles. The van der Waals surface area contributed by atoms with Gasteiger partial charge in [0.2, 0.25) is 0 Å². The van der Waals surface area contributed by atoms with Crippen LogP contribution in [0.3, 0.4) is 0 Å². The highest BCUT2D eigenvalue weighted by molar-refractivity contribution is 5.80. The highest BCUT2D eigenvalue weighted by Crippen LogP contribution is 2.31. The van der Waals surface area contributed by atoms with Gasteiger partial charge in [-0.05, 0) is 42.7 Å². The van der Waals surface area contributed by atoms with Gasteiger partial charge in [-0.15, -0.1) is 0 Å². The minimum atomic E-state index is -0.442. The fourth-order valence-electron chi connectivity index (χ4n) is 2.93. The van der Waals surface area contributed by atoms with E-state index in [1.807, 2.05) is 43.3 Å². The molecule has 0 aliphatic carbocycles. The lowest BCUT2D eigenvalue weighted by atomic mass is 10.1. The maximum absolute atomic E-state index is 12.3. The summed E-state index contributed by atoms with van der Waals surface area (Å²) in [5.41, 5.74) is 1.80. The van der Waals surface area contributed by atoms with Crippen LogP contribution in [0.5, 0.6) is 17.2 Å². The van der Waals surface area contributed by atoms with Crippen LogP contribution in [0.15, 0.2) is 42.5 Å². The van der Waals surface area contributed by atoms with Crippen molar-refractivity contribution in [2.75, 3.05) is 34.5 Å². The third kappa shape index (κ3) is 6.69. The van der Waals surface area contributed by atoms with Crippen molar-refractivity contribution < 1.29 is 28.5 Å². The minimum absolute atomic E-state index is 0.138. The predicted molar refractivity (Wildman–Crippen MR) is 113 cm³/mol. The van der Waals surface area contributed by atoms with Gasteiger partial charge in [-0.2, -0.15) is 0 Å². The standard InChI is InChI=1S/C23H29NO6/c1-5-29-19-12-9-17(10-13-19)15-24(2)21(25)16-30-22(26)14-11-18-7-6-8-20(27-3)23(18)28-4/h6-10,12-13H,5,11,14-16H2,1-4H3. The largest absolute Gasteiger partial charge is 0.494 e. The van der Waals surface area contributed by atoms with E-state index in [0.717, 1.165) is 16.9 Å². The number of carbonyl (C=O) groups excluding carboxylic acids is 2. The number of nitrogens with zero attached hydrogens (tertiary/aromatic N) is 1. The number of carbonyl (C=O) groups is 2. The SMILES string of the molecule is CCOc1ccc(CN(C)C(=O)COC(=O)CCc2cccc(OC)c2OC)cc1. The van der Waals surface area contributed by atoms with Gasteiger partial charge >= 0.3 is 5.97 Å². The number of rotatable bonds is 11. The van der Waals surface area contributed by atoms with Crippen LogP contribution < -0.4 is 14.2 Å². The molecule has 0 heterocycles. The van der Waals surface area contributed by atoms with E-state index in [2.05, 4.69) is 0 Å². The molecule has 0 aliphatic heterocycles. The lowest BCUT2D eigenvalue weighted by Gasteiger charge is -2.17. The van der Waals surface area contributed by atoms with E-state index < -0.39 is 5.97 Å². The van der Waals surface area contributed by atoms with Gasteiger partial charge in [-0.3, -0.25) is 9.59 Å². The van der Waals surface area contributed by atoms with Crippen LogP contribution in [0.4, 0.5) is 0 Å². The van der Waals surface area contributed by atoms with Crippen molar-refractivity contribution in [1.29, 1.82) is 0 Å². The molecule has 162 valence electrons. The van der Waals surface area contributed by atoms with Crippen LogP contribution in [-0.2, 0) is 27.3 Å². The van der Waals surface area contributed by atoms with Gasteiger partial charge in [0.1, 0.15) is 5.75 Å². The predicted octanol–water partition coefficient (Wildman–Crippen LogP) is 3.24. The van der Waals surface area contributed by atoms with Crippen molar-refractivity contribution in [2.45, 2.75) is 26.3 Å². The number of benzene rings is 2. The molecule has 0 N–H and O–H groups in total. The first-order chi connectivity index (χ1) is 14.5. The van der Waals surface area contributed by atoms with Gasteiger partial charge in [0.25, 0.3) is 5.91 Å². The molecule has 7 heteroatoms. The molecule has 2 rings (SSSR count). The molecule has 0 aromatic heterocycles. The smallest absolute Gasteiger partial charge is 0.306 e. The van der Waals surface area contributed by atoms with Gasteiger partial charge in [0.05, 0.1) is 20.8 Å². The van der Waals surface area contributed by atoms with Gasteiger partial charge in [-0.1, -0.05) is 24.3 Å². The van der Waals surface area contributed by atoms with Crippen molar-refractivity contribution >= 4 is 11.9 Å². The number of esters is 1. The molecule has 0 radical (unpaired) electrons. The van der Waals surface area contributed by atoms with Gasteiger partial charge in [0, 0.05) is 20.0 Å². The Labute approximate surface area is 177 Å². The van der Waals surface area contributed by atoms with Crippen molar-refractivity contribution in [3.63, 3.8) is 0 Å². The zero-order valence-electron chi connectivity index (χ0n) is 18.0. The molecule has 0 aliphatic rings. The zero-order valence-corrected chi connectivity index (χ0v) is 18.0. The van der Waals surface area contributed by atoms with Crippen LogP contribution in [0.2, 0.25) is 0 Å². The number of hydrogen-bond donors (Lipinski definition) is 0. The summed E-state index contributed by atoms with van der Waals surface area (Å²) in [7, 11) is 4.79. The van der Waals surface area contributed by atoms with Crippen LogP contribution in [0, 0.1) is 0 Å². The lowest BCUT2D eigenvalue weighted by molar-refractivity contribution is -0.151. The van der Waals surface area contributed by atoms with Gasteiger partial charge in [-0.25, -0.2) is 0 Å². The summed E-state index contributed by atoms with van der Waals surface area (Å²) in [4.78, 5) is 25.9. The fourth-order valence-corrected chi connectivity index (χ4v) is 2.93. The third-order valence-electron chi connectivity index (χ3n) is 4.52. The second kappa shape index (κ2) is 11.7. The van der Waals surface area contributed by atoms with E-state index in [9.17, 15) is 9.59 Å². The fraction of sp³-hybridized carbons (Fsp3) is 0.391. The number of aryl methyl sites for hydroxylation is 1. The van der Waals surface area contributed by atoms with Crippen molar-refractivity contribution in [2.24, 2.45) is 0 Å². The van der Waals surface area contributed by atoms with E-state index in [-0.39, 0.29) is 18.9 Å². The Bertz CT molecular complexity index is 834. The Hall–Kier alpha value is -3.22. The topological polar surface area (TPSA) is 74.3 Å². The van der Waals surface area contributed by atoms with Crippen molar-refractivity contribution in [3.8, 4) is 17.2 Å². The van der Waals surface area contributed by atoms with Crippen molar-refractivity contribution in [1.82, 2.24) is 4.90 Å². The third-order valence-corrected chi connectivity index (χ3v) is 4.52. The molecule has 2 aromatic carbocycles. The normalized spacial score (nSPS) is 10.3. The van der Waals surface area contributed by atoms with Crippen LogP contribution in [0.1, 0.15) is 24.5 Å². The number of ether oxygens (including phenoxy) is 4. The molecule has 7 nitrogen and oxygen atoms in total. The molecule has 0 spiro atoms. The molecular formula is C23H29NO6. The van der Waals surface area contributed by atoms with E-state index >= 15 is 0 Å². The summed E-state index contributed by atoms with van der Waals surface area (Å²) in [6, 6.07) is 13.0. The maximum Gasteiger partial charge on any atom is 0.306 e. The average Bonchev–Trinajstić information content (AvgIpc) is 2.76. The van der Waals surface area contributed by atoms with E-state index in [1.165, 1.54) is 4.90 Å². The molecule has 2 aromatic rings. The summed E-state index contributed by atoms with van der Waals surface area (Å²) in [6.07, 6.45) is 0.564. The molecule has 30 heavy (non-hydrogen) atoms. The van der Waals surface area contributed by atoms with Crippen LogP contribution in [-0.4, -0.2) is 51.3 Å². The van der Waals surface area contributed by atoms with E-state index in [0.29, 0.717) is 31.1 Å². The summed E-state index contributed by atoms with van der Waals surface area (Å²) in [5.74, 6) is 1.28. The van der Waals surface area contributed by atoms with Crippen LogP contribution >= 0.6 is 0 Å². The van der Waals surface area contributed by atoms with E-state index in [4.69, 9.17) is 18.9 Å². The number of amides is 1. The average molecular weight is 415 g/mol. The molecule has 0 bridgehead atoms. The summed E-state index contributed by atoms with van der Waals surface area (Å²) < 4.78 is 21.2. The Morgan fingerprint density at radius 3 is 2.37 bits per heavy atom. The maximum atomic E-state index is 12.3. The highest BCUT2D eigenvalue weighted by Gasteiger charge is 2.15. The minimum Gasteiger partial charge on any atom is -0.494 e. The Morgan fingerprint density at radius 2 is 1.73 bits per heavy atom. The summed E-state index contributed by atoms with van der Waals surface area (Å²) in [5, 5.41) is 0. The number of likely N-dealkylation sites (N-methyl/N-ethyl adjacent to an activating group) is 1. The molecule has 0 atom stereocenters. The van der Waals surface area contributed by atoms with Gasteiger partial charge < -0.3 is 23.8 Å². The molecule has 0 unspecified atom stereocenters. The first-order valence-corrected chi connectivity index (χ1v) is 9.79. The first-order valence-electron chi connectivity index (χ1n) is 9.79. The van der Waals surface area contributed by atoms with E-state index in [1.54, 1.807) is 27.3 Å². The number of methoxy groups -OCH3 is 2.